The lowest BCUT2D eigenvalue weighted by Crippen LogP contribution is -2.45. The molecule has 0 fully saturated rings. The first kappa shape index (κ1) is 27.9. The second-order valence-electron chi connectivity index (χ2n) is 9.74. The van der Waals surface area contributed by atoms with Gasteiger partial charge in [0.25, 0.3) is 5.91 Å². The van der Waals surface area contributed by atoms with Crippen molar-refractivity contribution < 1.29 is 23.9 Å². The Hall–Kier alpha value is -4.13. The number of carbonyl (C=O) groups is 3. The summed E-state index contributed by atoms with van der Waals surface area (Å²) in [5, 5.41) is 2.91. The van der Waals surface area contributed by atoms with Crippen molar-refractivity contribution >= 4 is 17.8 Å². The van der Waals surface area contributed by atoms with Crippen molar-refractivity contribution in [2.24, 2.45) is 0 Å². The molecule has 3 aromatic rings. The minimum Gasteiger partial charge on any atom is -0.496 e. The van der Waals surface area contributed by atoms with E-state index in [1.54, 1.807) is 30.1 Å². The fourth-order valence-electron chi connectivity index (χ4n) is 5.53. The number of carbonyl (C=O) groups excluding carboxylic acids is 3. The van der Waals surface area contributed by atoms with E-state index in [2.05, 4.69) is 5.32 Å². The predicted molar refractivity (Wildman–Crippen MR) is 150 cm³/mol. The van der Waals surface area contributed by atoms with Gasteiger partial charge in [-0.1, -0.05) is 66.7 Å². The summed E-state index contributed by atoms with van der Waals surface area (Å²) >= 11 is 0. The number of likely N-dealkylation sites (N-methyl/N-ethyl adjacent to an activating group) is 1. The van der Waals surface area contributed by atoms with Crippen LogP contribution >= 0.6 is 0 Å². The normalized spacial score (nSPS) is 18.0. The van der Waals surface area contributed by atoms with Crippen molar-refractivity contribution in [2.75, 3.05) is 33.9 Å². The van der Waals surface area contributed by atoms with Gasteiger partial charge in [-0.05, 0) is 55.0 Å². The van der Waals surface area contributed by atoms with Gasteiger partial charge in [0, 0.05) is 20.1 Å². The molecule has 7 nitrogen and oxygen atoms in total. The molecule has 0 aromatic heterocycles. The third kappa shape index (κ3) is 5.67. The Morgan fingerprint density at radius 2 is 1.67 bits per heavy atom. The molecule has 1 N–H and O–H groups in total. The van der Waals surface area contributed by atoms with Gasteiger partial charge in [-0.3, -0.25) is 14.4 Å². The molecule has 2 atom stereocenters. The zero-order valence-electron chi connectivity index (χ0n) is 22.8. The van der Waals surface area contributed by atoms with E-state index in [4.69, 9.17) is 9.47 Å². The molecule has 4 rings (SSSR count). The predicted octanol–water partition coefficient (Wildman–Crippen LogP) is 4.70. The van der Waals surface area contributed by atoms with Gasteiger partial charge < -0.3 is 19.7 Å². The molecule has 204 valence electrons. The van der Waals surface area contributed by atoms with Crippen molar-refractivity contribution in [1.29, 1.82) is 0 Å². The van der Waals surface area contributed by atoms with E-state index >= 15 is 0 Å². The first-order valence-corrected chi connectivity index (χ1v) is 13.4. The molecule has 0 saturated heterocycles. The zero-order valence-corrected chi connectivity index (χ0v) is 22.8. The van der Waals surface area contributed by atoms with Crippen molar-refractivity contribution in [2.45, 2.75) is 37.5 Å². The molecule has 0 bridgehead atoms. The Kier molecular flexibility index (Phi) is 9.02. The summed E-state index contributed by atoms with van der Waals surface area (Å²) in [6.07, 6.45) is 1.61. The van der Waals surface area contributed by atoms with E-state index in [0.717, 1.165) is 16.7 Å². The number of para-hydroxylation sites is 1. The molecule has 1 unspecified atom stereocenters. The molecule has 0 radical (unpaired) electrons. The zero-order chi connectivity index (χ0) is 27.8. The van der Waals surface area contributed by atoms with Crippen LogP contribution in [0.5, 0.6) is 5.75 Å². The van der Waals surface area contributed by atoms with Crippen LogP contribution in [0.3, 0.4) is 0 Å². The van der Waals surface area contributed by atoms with Gasteiger partial charge in [-0.15, -0.1) is 0 Å². The smallest absolute Gasteiger partial charge is 0.321 e. The van der Waals surface area contributed by atoms with Crippen LogP contribution in [0.1, 0.15) is 59.2 Å². The van der Waals surface area contributed by atoms with E-state index in [1.807, 2.05) is 67.6 Å². The molecule has 1 aliphatic carbocycles. The molecule has 0 aliphatic heterocycles. The summed E-state index contributed by atoms with van der Waals surface area (Å²) in [6.45, 7) is 3.01. The number of nitrogens with one attached hydrogen (secondary N) is 1. The monoisotopic (exact) mass is 528 g/mol. The second kappa shape index (κ2) is 12.6. The first-order chi connectivity index (χ1) is 18.9. The molecule has 0 saturated carbocycles. The molecule has 0 heterocycles. The Balaban J connectivity index is 1.47. The topological polar surface area (TPSA) is 84.9 Å². The Labute approximate surface area is 230 Å². The lowest BCUT2D eigenvalue weighted by molar-refractivity contribution is -0.149. The van der Waals surface area contributed by atoms with Gasteiger partial charge in [-0.2, -0.15) is 0 Å². The minimum absolute atomic E-state index is 0.00373. The molecular weight excluding hydrogens is 492 g/mol. The summed E-state index contributed by atoms with van der Waals surface area (Å²) in [4.78, 5) is 41.4. The average molecular weight is 529 g/mol. The van der Waals surface area contributed by atoms with Crippen LogP contribution < -0.4 is 10.1 Å². The molecule has 39 heavy (non-hydrogen) atoms. The van der Waals surface area contributed by atoms with E-state index in [9.17, 15) is 14.4 Å². The number of hydrogen-bond acceptors (Lipinski definition) is 5. The number of rotatable bonds is 10. The fourth-order valence-corrected chi connectivity index (χ4v) is 5.53. The molecule has 3 aromatic carbocycles. The number of fused-ring (bicyclic) bond motifs is 1. The maximum absolute atomic E-state index is 13.6. The number of benzene rings is 3. The number of amides is 2. The van der Waals surface area contributed by atoms with Gasteiger partial charge in [0.05, 0.1) is 25.2 Å². The molecule has 7 heteroatoms. The number of nitrogens with zero attached hydrogens (tertiary/aromatic N) is 1. The van der Waals surface area contributed by atoms with Crippen molar-refractivity contribution in [1.82, 2.24) is 10.2 Å². The highest BCUT2D eigenvalue weighted by molar-refractivity contribution is 5.97. The van der Waals surface area contributed by atoms with Gasteiger partial charge in [0.2, 0.25) is 5.91 Å². The molecule has 2 amide bonds. The first-order valence-electron chi connectivity index (χ1n) is 13.4. The van der Waals surface area contributed by atoms with Crippen molar-refractivity contribution in [3.63, 3.8) is 0 Å². The van der Waals surface area contributed by atoms with E-state index < -0.39 is 5.41 Å². The van der Waals surface area contributed by atoms with Gasteiger partial charge in [-0.25, -0.2) is 0 Å². The number of methoxy groups -OCH3 is 1. The van der Waals surface area contributed by atoms with Crippen LogP contribution in [0.15, 0.2) is 78.9 Å². The fraction of sp³-hybridized carbons (Fsp3) is 0.344. The van der Waals surface area contributed by atoms with Crippen molar-refractivity contribution in [3.05, 3.63) is 101 Å². The SMILES string of the molecule is CCOC(=O)C1(c2ccccc2)CC[C@@H](C(=O)N(C)CCCNC(=O)c2ccccc2OC)c2ccccc21. The van der Waals surface area contributed by atoms with E-state index in [0.29, 0.717) is 43.7 Å². The van der Waals surface area contributed by atoms with Crippen LogP contribution in [0.2, 0.25) is 0 Å². The van der Waals surface area contributed by atoms with Gasteiger partial charge in [0.15, 0.2) is 0 Å². The standard InChI is InChI=1S/C32H36N2O5/c1-4-39-31(37)32(23-13-6-5-7-14-23)20-19-25(24-15-8-10-17-27(24)32)30(36)34(2)22-12-21-33-29(35)26-16-9-11-18-28(26)38-3/h5-11,13-18,25H,4,12,19-22H2,1-3H3,(H,33,35)/t25-,32?/m1/s1. The highest BCUT2D eigenvalue weighted by atomic mass is 16.5. The Morgan fingerprint density at radius 1 is 0.974 bits per heavy atom. The lowest BCUT2D eigenvalue weighted by atomic mass is 9.63. The third-order valence-electron chi connectivity index (χ3n) is 7.48. The summed E-state index contributed by atoms with van der Waals surface area (Å²) in [7, 11) is 3.32. The van der Waals surface area contributed by atoms with Crippen LogP contribution in [0, 0.1) is 0 Å². The maximum atomic E-state index is 13.6. The minimum atomic E-state index is -0.952. The number of ether oxygens (including phenoxy) is 2. The highest BCUT2D eigenvalue weighted by Crippen LogP contribution is 2.48. The van der Waals surface area contributed by atoms with E-state index in [-0.39, 0.29) is 30.3 Å². The maximum Gasteiger partial charge on any atom is 0.321 e. The molecular formula is C32H36N2O5. The highest BCUT2D eigenvalue weighted by Gasteiger charge is 2.49. The Bertz CT molecular complexity index is 1310. The van der Waals surface area contributed by atoms with E-state index in [1.165, 1.54) is 7.11 Å². The average Bonchev–Trinajstić information content (AvgIpc) is 2.98. The number of esters is 1. The van der Waals surface area contributed by atoms with Crippen LogP contribution in [-0.4, -0.2) is 56.5 Å². The van der Waals surface area contributed by atoms with Crippen molar-refractivity contribution in [3.8, 4) is 5.75 Å². The lowest BCUT2D eigenvalue weighted by Gasteiger charge is -2.41. The quantitative estimate of drug-likeness (QED) is 0.305. The third-order valence-corrected chi connectivity index (χ3v) is 7.48. The van der Waals surface area contributed by atoms with Gasteiger partial charge >= 0.3 is 5.97 Å². The summed E-state index contributed by atoms with van der Waals surface area (Å²) in [5.41, 5.74) is 2.10. The largest absolute Gasteiger partial charge is 0.496 e. The summed E-state index contributed by atoms with van der Waals surface area (Å²) in [6, 6.07) is 24.5. The molecule has 0 spiro atoms. The van der Waals surface area contributed by atoms with Crippen LogP contribution in [0.25, 0.3) is 0 Å². The Morgan fingerprint density at radius 3 is 2.41 bits per heavy atom. The number of hydrogen-bond donors (Lipinski definition) is 1. The summed E-state index contributed by atoms with van der Waals surface area (Å²) < 4.78 is 10.9. The van der Waals surface area contributed by atoms with Gasteiger partial charge in [0.1, 0.15) is 11.2 Å². The summed E-state index contributed by atoms with van der Waals surface area (Å²) in [5.74, 6) is -0.329. The molecule has 1 aliphatic rings. The van der Waals surface area contributed by atoms with Crippen LogP contribution in [-0.2, 0) is 19.7 Å². The van der Waals surface area contributed by atoms with Crippen LogP contribution in [0.4, 0.5) is 0 Å². The second-order valence-corrected chi connectivity index (χ2v) is 9.74.